The van der Waals surface area contributed by atoms with E-state index in [0.29, 0.717) is 11.5 Å². The normalized spacial score (nSPS) is 26.0. The lowest BCUT2D eigenvalue weighted by molar-refractivity contribution is -0.126. The Morgan fingerprint density at radius 3 is 3.00 bits per heavy atom. The molecule has 4 nitrogen and oxygen atoms in total. The van der Waals surface area contributed by atoms with Gasteiger partial charge < -0.3 is 5.73 Å². The number of amides is 1. The van der Waals surface area contributed by atoms with Crippen LogP contribution in [0, 0.1) is 5.41 Å². The standard InChI is InChI=1S/C9H18N2O2S/c1-9(2)3-7(5-14-6-9)11-13-4-8(10)12/h7,11H,3-6H2,1-2H3,(H2,10,12). The number of carbonyl (C=O) groups is 1. The SMILES string of the molecule is CC1(C)CSCC(NOCC(N)=O)C1. The van der Waals surface area contributed by atoms with Gasteiger partial charge in [0.2, 0.25) is 5.91 Å². The van der Waals surface area contributed by atoms with Crippen LogP contribution in [0.1, 0.15) is 20.3 Å². The fourth-order valence-corrected chi connectivity index (χ4v) is 2.83. The van der Waals surface area contributed by atoms with Crippen LogP contribution in [-0.2, 0) is 9.63 Å². The van der Waals surface area contributed by atoms with Gasteiger partial charge in [-0.05, 0) is 17.6 Å². The smallest absolute Gasteiger partial charge is 0.245 e. The zero-order valence-electron chi connectivity index (χ0n) is 8.71. The van der Waals surface area contributed by atoms with Crippen molar-refractivity contribution in [3.63, 3.8) is 0 Å². The second-order valence-corrected chi connectivity index (χ2v) is 5.48. The fourth-order valence-electron chi connectivity index (χ4n) is 1.57. The molecule has 1 heterocycles. The van der Waals surface area contributed by atoms with Crippen LogP contribution in [0.25, 0.3) is 0 Å². The molecule has 14 heavy (non-hydrogen) atoms. The van der Waals surface area contributed by atoms with Crippen molar-refractivity contribution in [2.24, 2.45) is 11.1 Å². The van der Waals surface area contributed by atoms with Gasteiger partial charge in [0, 0.05) is 11.8 Å². The number of hydrogen-bond acceptors (Lipinski definition) is 4. The Kier molecular flexibility index (Phi) is 4.22. The second kappa shape index (κ2) is 5.00. The average molecular weight is 218 g/mol. The molecule has 0 radical (unpaired) electrons. The number of hydrogen-bond donors (Lipinski definition) is 2. The van der Waals surface area contributed by atoms with Crippen LogP contribution in [0.5, 0.6) is 0 Å². The number of carbonyl (C=O) groups excluding carboxylic acids is 1. The van der Waals surface area contributed by atoms with Crippen LogP contribution in [0.15, 0.2) is 0 Å². The summed E-state index contributed by atoms with van der Waals surface area (Å²) < 4.78 is 0. The number of thioether (sulfide) groups is 1. The molecule has 1 unspecified atom stereocenters. The summed E-state index contributed by atoms with van der Waals surface area (Å²) in [6, 6.07) is 0.322. The maximum Gasteiger partial charge on any atom is 0.245 e. The van der Waals surface area contributed by atoms with Gasteiger partial charge >= 0.3 is 0 Å². The lowest BCUT2D eigenvalue weighted by Gasteiger charge is -2.34. The Hall–Kier alpha value is -0.260. The number of primary amides is 1. The molecule has 1 fully saturated rings. The third-order valence-corrected chi connectivity index (χ3v) is 3.70. The van der Waals surface area contributed by atoms with E-state index in [2.05, 4.69) is 19.3 Å². The van der Waals surface area contributed by atoms with E-state index in [0.717, 1.165) is 12.2 Å². The summed E-state index contributed by atoms with van der Waals surface area (Å²) in [4.78, 5) is 15.4. The van der Waals surface area contributed by atoms with Gasteiger partial charge in [-0.2, -0.15) is 17.2 Å². The van der Waals surface area contributed by atoms with Crippen molar-refractivity contribution in [3.05, 3.63) is 0 Å². The average Bonchev–Trinajstić information content (AvgIpc) is 2.01. The van der Waals surface area contributed by atoms with E-state index in [1.165, 1.54) is 5.75 Å². The highest BCUT2D eigenvalue weighted by Gasteiger charge is 2.28. The van der Waals surface area contributed by atoms with Crippen LogP contribution < -0.4 is 11.2 Å². The van der Waals surface area contributed by atoms with Gasteiger partial charge in [-0.3, -0.25) is 9.63 Å². The first-order valence-corrected chi connectivity index (χ1v) is 5.88. The summed E-state index contributed by atoms with van der Waals surface area (Å²) >= 11 is 1.91. The summed E-state index contributed by atoms with van der Waals surface area (Å²) in [5, 5.41) is 0. The first-order valence-electron chi connectivity index (χ1n) is 4.73. The molecule has 82 valence electrons. The largest absolute Gasteiger partial charge is 0.368 e. The predicted molar refractivity (Wildman–Crippen MR) is 57.8 cm³/mol. The Balaban J connectivity index is 2.21. The number of rotatable bonds is 4. The van der Waals surface area contributed by atoms with Gasteiger partial charge in [0.15, 0.2) is 0 Å². The molecular formula is C9H18N2O2S. The van der Waals surface area contributed by atoms with Crippen molar-refractivity contribution in [2.75, 3.05) is 18.1 Å². The van der Waals surface area contributed by atoms with Gasteiger partial charge in [-0.25, -0.2) is 0 Å². The molecule has 1 atom stereocenters. The molecule has 1 rings (SSSR count). The molecule has 0 aromatic rings. The minimum Gasteiger partial charge on any atom is -0.368 e. The molecule has 0 aromatic heterocycles. The predicted octanol–water partition coefficient (Wildman–Crippen LogP) is 0.525. The molecule has 1 saturated heterocycles. The Morgan fingerprint density at radius 1 is 1.71 bits per heavy atom. The monoisotopic (exact) mass is 218 g/mol. The van der Waals surface area contributed by atoms with Crippen LogP contribution in [0.4, 0.5) is 0 Å². The van der Waals surface area contributed by atoms with E-state index in [1.807, 2.05) is 11.8 Å². The minimum atomic E-state index is -0.444. The number of nitrogens with one attached hydrogen (secondary N) is 1. The fraction of sp³-hybridized carbons (Fsp3) is 0.889. The van der Waals surface area contributed by atoms with Crippen molar-refractivity contribution >= 4 is 17.7 Å². The van der Waals surface area contributed by atoms with Crippen LogP contribution >= 0.6 is 11.8 Å². The van der Waals surface area contributed by atoms with Gasteiger partial charge in [0.25, 0.3) is 0 Å². The van der Waals surface area contributed by atoms with Crippen molar-refractivity contribution in [1.29, 1.82) is 0 Å². The Bertz CT molecular complexity index is 209. The first-order chi connectivity index (χ1) is 6.49. The number of nitrogens with two attached hydrogens (primary N) is 1. The van der Waals surface area contributed by atoms with E-state index in [-0.39, 0.29) is 6.61 Å². The number of hydroxylamine groups is 1. The molecule has 3 N–H and O–H groups in total. The maximum absolute atomic E-state index is 10.4. The summed E-state index contributed by atoms with van der Waals surface area (Å²) in [7, 11) is 0. The molecule has 1 aliphatic heterocycles. The van der Waals surface area contributed by atoms with Crippen molar-refractivity contribution in [2.45, 2.75) is 26.3 Å². The molecule has 1 amide bonds. The molecule has 1 aliphatic rings. The van der Waals surface area contributed by atoms with E-state index >= 15 is 0 Å². The quantitative estimate of drug-likeness (QED) is 0.675. The zero-order valence-corrected chi connectivity index (χ0v) is 9.52. The maximum atomic E-state index is 10.4. The lowest BCUT2D eigenvalue weighted by Crippen LogP contribution is -2.41. The zero-order chi connectivity index (χ0) is 10.6. The van der Waals surface area contributed by atoms with Crippen LogP contribution in [0.3, 0.4) is 0 Å². The summed E-state index contributed by atoms with van der Waals surface area (Å²) in [5.41, 5.74) is 8.18. The molecular weight excluding hydrogens is 200 g/mol. The third-order valence-electron chi connectivity index (χ3n) is 2.08. The van der Waals surface area contributed by atoms with Gasteiger partial charge in [-0.1, -0.05) is 13.8 Å². The highest BCUT2D eigenvalue weighted by atomic mass is 32.2. The third kappa shape index (κ3) is 4.30. The molecule has 0 aliphatic carbocycles. The Labute approximate surface area is 88.9 Å². The molecule has 0 aromatic carbocycles. The van der Waals surface area contributed by atoms with Crippen molar-refractivity contribution in [3.8, 4) is 0 Å². The van der Waals surface area contributed by atoms with E-state index in [1.54, 1.807) is 0 Å². The summed E-state index contributed by atoms with van der Waals surface area (Å²) in [5.74, 6) is 1.77. The van der Waals surface area contributed by atoms with Crippen molar-refractivity contribution in [1.82, 2.24) is 5.48 Å². The lowest BCUT2D eigenvalue weighted by atomic mass is 9.88. The molecule has 5 heteroatoms. The second-order valence-electron chi connectivity index (χ2n) is 4.45. The van der Waals surface area contributed by atoms with E-state index in [4.69, 9.17) is 10.6 Å². The molecule has 0 spiro atoms. The van der Waals surface area contributed by atoms with Gasteiger partial charge in [-0.15, -0.1) is 0 Å². The van der Waals surface area contributed by atoms with Crippen LogP contribution in [-0.4, -0.2) is 30.1 Å². The topological polar surface area (TPSA) is 64.3 Å². The van der Waals surface area contributed by atoms with Gasteiger partial charge in [0.1, 0.15) is 6.61 Å². The van der Waals surface area contributed by atoms with Crippen LogP contribution in [0.2, 0.25) is 0 Å². The van der Waals surface area contributed by atoms with E-state index < -0.39 is 5.91 Å². The highest BCUT2D eigenvalue weighted by molar-refractivity contribution is 7.99. The summed E-state index contributed by atoms with van der Waals surface area (Å²) in [6.07, 6.45) is 1.07. The molecule has 0 bridgehead atoms. The highest BCUT2D eigenvalue weighted by Crippen LogP contribution is 2.33. The van der Waals surface area contributed by atoms with E-state index in [9.17, 15) is 4.79 Å². The first kappa shape index (κ1) is 11.8. The minimum absolute atomic E-state index is 0.0540. The summed E-state index contributed by atoms with van der Waals surface area (Å²) in [6.45, 7) is 4.42. The van der Waals surface area contributed by atoms with Gasteiger partial charge in [0.05, 0.1) is 0 Å². The van der Waals surface area contributed by atoms with Crippen molar-refractivity contribution < 1.29 is 9.63 Å². The molecule has 0 saturated carbocycles. The Morgan fingerprint density at radius 2 is 2.43 bits per heavy atom.